The summed E-state index contributed by atoms with van der Waals surface area (Å²) in [7, 11) is 2.18. The molecule has 2 heterocycles. The average Bonchev–Trinajstić information content (AvgIpc) is 2.77. The van der Waals surface area contributed by atoms with Crippen molar-refractivity contribution in [1.29, 1.82) is 0 Å². The van der Waals surface area contributed by atoms with Gasteiger partial charge in [-0.1, -0.05) is 36.4 Å². The molecule has 96 valence electrons. The molecule has 0 radical (unpaired) electrons. The molecule has 4 rings (SSSR count). The molecule has 0 aliphatic carbocycles. The first-order chi connectivity index (χ1) is 9.09. The van der Waals surface area contributed by atoms with E-state index in [1.54, 1.807) is 0 Å². The summed E-state index contributed by atoms with van der Waals surface area (Å²) >= 11 is 0. The van der Waals surface area contributed by atoms with E-state index in [1.165, 1.54) is 22.5 Å². The molecule has 0 fully saturated rings. The van der Waals surface area contributed by atoms with Crippen molar-refractivity contribution < 1.29 is 0 Å². The molecule has 1 N–H and O–H groups in total. The Morgan fingerprint density at radius 3 is 2.32 bits per heavy atom. The second-order valence-corrected chi connectivity index (χ2v) is 5.94. The number of anilines is 2. The van der Waals surface area contributed by atoms with Crippen molar-refractivity contribution in [3.05, 3.63) is 59.7 Å². The predicted molar refractivity (Wildman–Crippen MR) is 79.8 cm³/mol. The molecule has 2 aromatic rings. The quantitative estimate of drug-likeness (QED) is 0.768. The average molecular weight is 250 g/mol. The van der Waals surface area contributed by atoms with Crippen molar-refractivity contribution in [2.75, 3.05) is 17.3 Å². The molecule has 0 bridgehead atoms. The van der Waals surface area contributed by atoms with Crippen LogP contribution >= 0.6 is 0 Å². The van der Waals surface area contributed by atoms with E-state index < -0.39 is 0 Å². The van der Waals surface area contributed by atoms with E-state index in [2.05, 4.69) is 79.6 Å². The molecule has 2 nitrogen and oxygen atoms in total. The molecule has 2 aliphatic rings. The zero-order valence-corrected chi connectivity index (χ0v) is 11.6. The van der Waals surface area contributed by atoms with Crippen LogP contribution in [-0.2, 0) is 5.41 Å². The molecule has 0 amide bonds. The van der Waals surface area contributed by atoms with Gasteiger partial charge in [0.05, 0.1) is 5.41 Å². The molecule has 2 atom stereocenters. The van der Waals surface area contributed by atoms with Crippen LogP contribution in [0.25, 0.3) is 0 Å². The third kappa shape index (κ3) is 1.01. The van der Waals surface area contributed by atoms with Gasteiger partial charge in [-0.2, -0.15) is 0 Å². The summed E-state index contributed by atoms with van der Waals surface area (Å²) in [5.74, 6) is 0. The van der Waals surface area contributed by atoms with Crippen LogP contribution in [-0.4, -0.2) is 12.7 Å². The molecule has 2 aromatic carbocycles. The highest BCUT2D eigenvalue weighted by Crippen LogP contribution is 2.59. The summed E-state index contributed by atoms with van der Waals surface area (Å²) in [4.78, 5) is 2.38. The van der Waals surface area contributed by atoms with E-state index in [4.69, 9.17) is 0 Å². The van der Waals surface area contributed by atoms with Gasteiger partial charge in [-0.15, -0.1) is 0 Å². The second-order valence-electron chi connectivity index (χ2n) is 5.94. The first kappa shape index (κ1) is 10.9. The zero-order chi connectivity index (χ0) is 13.3. The first-order valence-electron chi connectivity index (χ1n) is 6.80. The Labute approximate surface area is 114 Å². The molecular weight excluding hydrogens is 232 g/mol. The normalized spacial score (nSPS) is 30.6. The lowest BCUT2D eigenvalue weighted by molar-refractivity contribution is 0.385. The topological polar surface area (TPSA) is 15.3 Å². The number of hydrogen-bond acceptors (Lipinski definition) is 2. The van der Waals surface area contributed by atoms with Gasteiger partial charge in [-0.25, -0.2) is 0 Å². The van der Waals surface area contributed by atoms with Gasteiger partial charge in [0.15, 0.2) is 0 Å². The minimum atomic E-state index is -0.0969. The number of benzene rings is 2. The van der Waals surface area contributed by atoms with E-state index in [9.17, 15) is 0 Å². The maximum Gasteiger partial charge on any atom is 0.121 e. The number of fused-ring (bicyclic) bond motifs is 5. The Bertz CT molecular complexity index is 678. The summed E-state index contributed by atoms with van der Waals surface area (Å²) < 4.78 is 0. The number of nitrogens with zero attached hydrogens (tertiary/aromatic N) is 1. The Morgan fingerprint density at radius 1 is 0.895 bits per heavy atom. The Morgan fingerprint density at radius 2 is 1.53 bits per heavy atom. The molecule has 19 heavy (non-hydrogen) atoms. The molecule has 0 saturated heterocycles. The molecular formula is C17H18N2. The number of rotatable bonds is 0. The van der Waals surface area contributed by atoms with Gasteiger partial charge >= 0.3 is 0 Å². The highest BCUT2D eigenvalue weighted by Gasteiger charge is 2.60. The second kappa shape index (κ2) is 3.13. The Hall–Kier alpha value is -1.96. The van der Waals surface area contributed by atoms with Crippen LogP contribution in [0.5, 0.6) is 0 Å². The van der Waals surface area contributed by atoms with Crippen LogP contribution < -0.4 is 10.2 Å². The summed E-state index contributed by atoms with van der Waals surface area (Å²) in [5.41, 5.74) is 5.30. The van der Waals surface area contributed by atoms with E-state index in [0.29, 0.717) is 0 Å². The summed E-state index contributed by atoms with van der Waals surface area (Å²) in [6.45, 7) is 4.65. The van der Waals surface area contributed by atoms with Crippen molar-refractivity contribution in [2.24, 2.45) is 0 Å². The third-order valence-corrected chi connectivity index (χ3v) is 5.29. The van der Waals surface area contributed by atoms with Crippen molar-refractivity contribution in [2.45, 2.75) is 24.9 Å². The largest absolute Gasteiger partial charge is 0.362 e. The molecule has 0 saturated carbocycles. The Kier molecular flexibility index (Phi) is 1.80. The van der Waals surface area contributed by atoms with Crippen molar-refractivity contribution in [1.82, 2.24) is 0 Å². The monoisotopic (exact) mass is 250 g/mol. The summed E-state index contributed by atoms with van der Waals surface area (Å²) in [5, 5.41) is 3.74. The van der Waals surface area contributed by atoms with Crippen LogP contribution in [0.1, 0.15) is 25.0 Å². The standard InChI is InChI=1S/C17H18N2/c1-16-12-8-4-6-10-14(12)18-17(16,2)19(3)15-11-7-5-9-13(15)16/h4-11,18H,1-3H3/t16-,17+/m0/s1. The fraction of sp³-hybridized carbons (Fsp3) is 0.294. The van der Waals surface area contributed by atoms with Crippen LogP contribution in [0.15, 0.2) is 48.5 Å². The third-order valence-electron chi connectivity index (χ3n) is 5.29. The van der Waals surface area contributed by atoms with Crippen molar-refractivity contribution in [3.8, 4) is 0 Å². The highest BCUT2D eigenvalue weighted by molar-refractivity contribution is 5.79. The summed E-state index contributed by atoms with van der Waals surface area (Å²) in [6.07, 6.45) is 0. The van der Waals surface area contributed by atoms with Crippen LogP contribution in [0.2, 0.25) is 0 Å². The van der Waals surface area contributed by atoms with Gasteiger partial charge in [-0.05, 0) is 37.1 Å². The maximum atomic E-state index is 3.74. The van der Waals surface area contributed by atoms with Crippen LogP contribution in [0.3, 0.4) is 0 Å². The molecule has 2 aliphatic heterocycles. The van der Waals surface area contributed by atoms with E-state index in [-0.39, 0.29) is 11.1 Å². The SMILES string of the molecule is CN1c2ccccc2[C@]2(C)c3ccccc3N[C@]12C. The van der Waals surface area contributed by atoms with Gasteiger partial charge in [0.2, 0.25) is 0 Å². The molecule has 0 spiro atoms. The fourth-order valence-corrected chi connectivity index (χ4v) is 3.93. The number of likely N-dealkylation sites (N-methyl/N-ethyl adjacent to an activating group) is 1. The predicted octanol–water partition coefficient (Wildman–Crippen LogP) is 3.58. The highest BCUT2D eigenvalue weighted by atomic mass is 15.4. The number of nitrogens with one attached hydrogen (secondary N) is 1. The van der Waals surface area contributed by atoms with Crippen LogP contribution in [0.4, 0.5) is 11.4 Å². The lowest BCUT2D eigenvalue weighted by atomic mass is 9.72. The van der Waals surface area contributed by atoms with Gasteiger partial charge in [0.25, 0.3) is 0 Å². The smallest absolute Gasteiger partial charge is 0.121 e. The van der Waals surface area contributed by atoms with Gasteiger partial charge in [-0.3, -0.25) is 0 Å². The fourth-order valence-electron chi connectivity index (χ4n) is 3.93. The van der Waals surface area contributed by atoms with Crippen molar-refractivity contribution in [3.63, 3.8) is 0 Å². The van der Waals surface area contributed by atoms with Gasteiger partial charge < -0.3 is 10.2 Å². The zero-order valence-electron chi connectivity index (χ0n) is 11.6. The number of para-hydroxylation sites is 2. The van der Waals surface area contributed by atoms with E-state index in [1.807, 2.05) is 0 Å². The van der Waals surface area contributed by atoms with Gasteiger partial charge in [0.1, 0.15) is 5.66 Å². The maximum absolute atomic E-state index is 3.74. The summed E-state index contributed by atoms with van der Waals surface area (Å²) in [6, 6.07) is 17.4. The molecule has 2 heteroatoms. The minimum Gasteiger partial charge on any atom is -0.362 e. The van der Waals surface area contributed by atoms with Gasteiger partial charge in [0, 0.05) is 18.4 Å². The lowest BCUT2D eigenvalue weighted by Gasteiger charge is -2.40. The number of hydrogen-bond donors (Lipinski definition) is 1. The van der Waals surface area contributed by atoms with Crippen LogP contribution in [0, 0.1) is 0 Å². The van der Waals surface area contributed by atoms with Crippen molar-refractivity contribution >= 4 is 11.4 Å². The van der Waals surface area contributed by atoms with E-state index in [0.717, 1.165) is 0 Å². The minimum absolute atomic E-state index is 0.00502. The van der Waals surface area contributed by atoms with E-state index >= 15 is 0 Å². The lowest BCUT2D eigenvalue weighted by Crippen LogP contribution is -2.55. The molecule has 0 aromatic heterocycles. The Balaban J connectivity index is 2.09. The first-order valence-corrected chi connectivity index (χ1v) is 6.80. The molecule has 0 unspecified atom stereocenters.